The first-order valence-corrected chi connectivity index (χ1v) is 10.2. The van der Waals surface area contributed by atoms with E-state index in [1.807, 2.05) is 42.5 Å². The molecule has 0 aromatic heterocycles. The number of Topliss-reactive ketones (excluding diaryl/α,β-unsaturated/α-hetero) is 1. The maximum absolute atomic E-state index is 14.4. The first-order valence-electron chi connectivity index (χ1n) is 10.2. The Morgan fingerprint density at radius 2 is 1.63 bits per heavy atom. The molecule has 3 rings (SSSR count). The largest absolute Gasteiger partial charge is 0.486 e. The van der Waals surface area contributed by atoms with Crippen molar-refractivity contribution in [3.8, 4) is 17.2 Å². The summed E-state index contributed by atoms with van der Waals surface area (Å²) in [5, 5.41) is 0. The Morgan fingerprint density at radius 3 is 2.33 bits per heavy atom. The molecule has 0 N–H and O–H groups in total. The van der Waals surface area contributed by atoms with Gasteiger partial charge in [-0.3, -0.25) is 0 Å². The van der Waals surface area contributed by atoms with Crippen molar-refractivity contribution in [1.82, 2.24) is 0 Å². The van der Waals surface area contributed by atoms with Crippen molar-refractivity contribution in [2.24, 2.45) is 0 Å². The first-order chi connectivity index (χ1) is 14.4. The number of ketones is 1. The van der Waals surface area contributed by atoms with Crippen molar-refractivity contribution in [3.63, 3.8) is 0 Å². The van der Waals surface area contributed by atoms with Crippen LogP contribution in [-0.2, 0) is 17.8 Å². The average Bonchev–Trinajstić information content (AvgIpc) is 2.72. The number of para-hydroxylation sites is 2. The summed E-state index contributed by atoms with van der Waals surface area (Å²) in [5.41, 5.74) is 2.74. The van der Waals surface area contributed by atoms with Gasteiger partial charge in [-0.05, 0) is 54.7 Å². The van der Waals surface area contributed by atoms with Gasteiger partial charge in [0.2, 0.25) is 0 Å². The number of carbonyl (C=O) groups excluding carboxylic acids is 1. The summed E-state index contributed by atoms with van der Waals surface area (Å²) in [7, 11) is 0. The van der Waals surface area contributed by atoms with E-state index in [1.165, 1.54) is 13.0 Å². The molecule has 0 aliphatic heterocycles. The van der Waals surface area contributed by atoms with Crippen LogP contribution in [0.5, 0.6) is 17.2 Å². The summed E-state index contributed by atoms with van der Waals surface area (Å²) >= 11 is 0. The lowest BCUT2D eigenvalue weighted by molar-refractivity contribution is -0.116. The fraction of sp³-hybridized carbons (Fsp3) is 0.269. The Kier molecular flexibility index (Phi) is 7.23. The number of aryl methyl sites for hydroxylation is 1. The molecule has 3 nitrogen and oxygen atoms in total. The van der Waals surface area contributed by atoms with Gasteiger partial charge in [0.1, 0.15) is 23.9 Å². The average molecular weight is 406 g/mol. The summed E-state index contributed by atoms with van der Waals surface area (Å²) in [6, 6.07) is 20.4. The van der Waals surface area contributed by atoms with Gasteiger partial charge in [0.25, 0.3) is 0 Å². The third-order valence-electron chi connectivity index (χ3n) is 4.88. The molecule has 0 bridgehead atoms. The number of hydrogen-bond donors (Lipinski definition) is 0. The monoisotopic (exact) mass is 406 g/mol. The van der Waals surface area contributed by atoms with Crippen molar-refractivity contribution < 1.29 is 18.7 Å². The summed E-state index contributed by atoms with van der Waals surface area (Å²) in [6.45, 7) is 5.97. The number of rotatable bonds is 9. The van der Waals surface area contributed by atoms with Crippen molar-refractivity contribution in [2.75, 3.05) is 0 Å². The number of halogens is 1. The van der Waals surface area contributed by atoms with Gasteiger partial charge in [0.05, 0.1) is 0 Å². The minimum absolute atomic E-state index is 0.0892. The highest BCUT2D eigenvalue weighted by atomic mass is 19.1. The standard InChI is InChI=1S/C26H27FO3/c1-18(2)22-9-5-7-11-25(22)30-24-10-6-4-8-21(24)17-29-26-15-14-20(16-23(26)27)13-12-19(3)28/h4-11,14-16,18H,12-13,17H2,1-3H3. The molecule has 0 atom stereocenters. The molecule has 3 aromatic rings. The lowest BCUT2D eigenvalue weighted by Gasteiger charge is -2.16. The van der Waals surface area contributed by atoms with Gasteiger partial charge in [-0.1, -0.05) is 56.3 Å². The van der Waals surface area contributed by atoms with Crippen LogP contribution in [0.4, 0.5) is 4.39 Å². The Bertz CT molecular complexity index is 1010. The zero-order chi connectivity index (χ0) is 21.5. The molecule has 156 valence electrons. The van der Waals surface area contributed by atoms with E-state index in [-0.39, 0.29) is 18.1 Å². The predicted octanol–water partition coefficient (Wildman–Crippen LogP) is 6.84. The number of benzene rings is 3. The zero-order valence-corrected chi connectivity index (χ0v) is 17.7. The topological polar surface area (TPSA) is 35.5 Å². The highest BCUT2D eigenvalue weighted by Crippen LogP contribution is 2.32. The minimum atomic E-state index is -0.431. The highest BCUT2D eigenvalue weighted by molar-refractivity contribution is 5.75. The van der Waals surface area contributed by atoms with Crippen LogP contribution in [0.15, 0.2) is 66.7 Å². The lowest BCUT2D eigenvalue weighted by Crippen LogP contribution is -2.02. The van der Waals surface area contributed by atoms with E-state index in [4.69, 9.17) is 9.47 Å². The molecular weight excluding hydrogens is 379 g/mol. The Hall–Kier alpha value is -3.14. The fourth-order valence-electron chi connectivity index (χ4n) is 3.18. The maximum atomic E-state index is 14.4. The first kappa shape index (κ1) is 21.6. The van der Waals surface area contributed by atoms with E-state index in [0.717, 1.165) is 22.4 Å². The van der Waals surface area contributed by atoms with Crippen LogP contribution in [0, 0.1) is 5.82 Å². The van der Waals surface area contributed by atoms with E-state index >= 15 is 0 Å². The summed E-state index contributed by atoms with van der Waals surface area (Å²) in [5.74, 6) is 1.66. The molecular formula is C26H27FO3. The number of carbonyl (C=O) groups is 1. The molecule has 0 saturated heterocycles. The molecule has 0 amide bonds. The second-order valence-corrected chi connectivity index (χ2v) is 7.66. The second-order valence-electron chi connectivity index (χ2n) is 7.66. The van der Waals surface area contributed by atoms with Gasteiger partial charge in [-0.25, -0.2) is 4.39 Å². The Morgan fingerprint density at radius 1 is 0.933 bits per heavy atom. The van der Waals surface area contributed by atoms with Crippen molar-refractivity contribution >= 4 is 5.78 Å². The SMILES string of the molecule is CC(=O)CCc1ccc(OCc2ccccc2Oc2ccccc2C(C)C)c(F)c1. The molecule has 0 heterocycles. The van der Waals surface area contributed by atoms with Gasteiger partial charge in [0, 0.05) is 12.0 Å². The zero-order valence-electron chi connectivity index (χ0n) is 17.7. The van der Waals surface area contributed by atoms with Gasteiger partial charge >= 0.3 is 0 Å². The summed E-state index contributed by atoms with van der Waals surface area (Å²) in [4.78, 5) is 11.1. The molecule has 0 spiro atoms. The molecule has 0 saturated carbocycles. The molecule has 30 heavy (non-hydrogen) atoms. The molecule has 0 unspecified atom stereocenters. The quantitative estimate of drug-likeness (QED) is 0.390. The van der Waals surface area contributed by atoms with Crippen LogP contribution < -0.4 is 9.47 Å². The molecule has 0 aliphatic carbocycles. The molecule has 0 radical (unpaired) electrons. The van der Waals surface area contributed by atoms with E-state index in [1.54, 1.807) is 12.1 Å². The van der Waals surface area contributed by atoms with Crippen LogP contribution in [0.2, 0.25) is 0 Å². The minimum Gasteiger partial charge on any atom is -0.486 e. The van der Waals surface area contributed by atoms with Crippen LogP contribution in [0.3, 0.4) is 0 Å². The van der Waals surface area contributed by atoms with E-state index < -0.39 is 5.82 Å². The number of ether oxygens (including phenoxy) is 2. The van der Waals surface area contributed by atoms with E-state index in [9.17, 15) is 9.18 Å². The van der Waals surface area contributed by atoms with Crippen molar-refractivity contribution in [2.45, 2.75) is 46.1 Å². The Balaban J connectivity index is 1.72. The van der Waals surface area contributed by atoms with E-state index in [0.29, 0.717) is 24.5 Å². The normalized spacial score (nSPS) is 10.8. The second kappa shape index (κ2) is 10.1. The third kappa shape index (κ3) is 5.69. The highest BCUT2D eigenvalue weighted by Gasteiger charge is 2.12. The predicted molar refractivity (Wildman–Crippen MR) is 117 cm³/mol. The van der Waals surface area contributed by atoms with Crippen molar-refractivity contribution in [3.05, 3.63) is 89.2 Å². The third-order valence-corrected chi connectivity index (χ3v) is 4.88. The van der Waals surface area contributed by atoms with Crippen LogP contribution >= 0.6 is 0 Å². The van der Waals surface area contributed by atoms with Crippen LogP contribution in [0.1, 0.15) is 49.8 Å². The number of hydrogen-bond acceptors (Lipinski definition) is 3. The van der Waals surface area contributed by atoms with Gasteiger partial charge in [0.15, 0.2) is 11.6 Å². The smallest absolute Gasteiger partial charge is 0.165 e. The Labute approximate surface area is 177 Å². The van der Waals surface area contributed by atoms with Crippen LogP contribution in [0.25, 0.3) is 0 Å². The fourth-order valence-corrected chi connectivity index (χ4v) is 3.18. The summed E-state index contributed by atoms with van der Waals surface area (Å²) in [6.07, 6.45) is 0.931. The van der Waals surface area contributed by atoms with Crippen LogP contribution in [-0.4, -0.2) is 5.78 Å². The van der Waals surface area contributed by atoms with E-state index in [2.05, 4.69) is 19.9 Å². The lowest BCUT2D eigenvalue weighted by atomic mass is 10.0. The molecule has 4 heteroatoms. The van der Waals surface area contributed by atoms with Gasteiger partial charge < -0.3 is 14.3 Å². The van der Waals surface area contributed by atoms with Gasteiger partial charge in [-0.15, -0.1) is 0 Å². The van der Waals surface area contributed by atoms with Gasteiger partial charge in [-0.2, -0.15) is 0 Å². The maximum Gasteiger partial charge on any atom is 0.165 e. The molecule has 3 aromatic carbocycles. The summed E-state index contributed by atoms with van der Waals surface area (Å²) < 4.78 is 26.4. The molecule has 0 fully saturated rings. The molecule has 0 aliphatic rings. The van der Waals surface area contributed by atoms with Crippen molar-refractivity contribution in [1.29, 1.82) is 0 Å².